The van der Waals surface area contributed by atoms with E-state index < -0.39 is 22.5 Å². The van der Waals surface area contributed by atoms with Crippen LogP contribution in [0.3, 0.4) is 0 Å². The molecule has 0 spiro atoms. The first-order chi connectivity index (χ1) is 20.2. The Morgan fingerprint density at radius 1 is 1.12 bits per heavy atom. The van der Waals surface area contributed by atoms with Gasteiger partial charge in [0.05, 0.1) is 53.2 Å². The first kappa shape index (κ1) is 28.6. The molecule has 0 saturated carbocycles. The van der Waals surface area contributed by atoms with Crippen molar-refractivity contribution in [3.8, 4) is 22.8 Å². The molecular formula is C30H27N3O8S. The molecule has 216 valence electrons. The Morgan fingerprint density at radius 2 is 1.88 bits per heavy atom. The van der Waals surface area contributed by atoms with E-state index in [0.717, 1.165) is 16.9 Å². The minimum atomic E-state index is -0.843. The molecule has 42 heavy (non-hydrogen) atoms. The number of nitrogens with zero attached hydrogens (tertiary/aromatic N) is 3. The molecule has 0 fully saturated rings. The number of hydrogen-bond donors (Lipinski definition) is 0. The predicted molar refractivity (Wildman–Crippen MR) is 155 cm³/mol. The SMILES string of the molecule is CCOC(=O)C1=C(C)N=c2sc(=Cc3ccc(-c4ccc(C)cc4[N+](=O)[O-])o3)c(=O)n2C1c1ccc(OC)c(OC)c1. The summed E-state index contributed by atoms with van der Waals surface area (Å²) in [4.78, 5) is 43.2. The number of esters is 1. The van der Waals surface area contributed by atoms with Crippen LogP contribution >= 0.6 is 11.3 Å². The molecule has 1 unspecified atom stereocenters. The van der Waals surface area contributed by atoms with Gasteiger partial charge in [0.1, 0.15) is 11.5 Å². The summed E-state index contributed by atoms with van der Waals surface area (Å²) in [7, 11) is 3.02. The molecule has 2 aromatic carbocycles. The summed E-state index contributed by atoms with van der Waals surface area (Å²) in [5, 5.41) is 11.6. The number of aryl methyl sites for hydroxylation is 1. The van der Waals surface area contributed by atoms with Gasteiger partial charge in [0, 0.05) is 12.1 Å². The highest BCUT2D eigenvalue weighted by atomic mass is 32.1. The highest BCUT2D eigenvalue weighted by molar-refractivity contribution is 7.07. The van der Waals surface area contributed by atoms with Crippen LogP contribution in [0.5, 0.6) is 11.5 Å². The Hall–Kier alpha value is -4.97. The highest BCUT2D eigenvalue weighted by Crippen LogP contribution is 2.36. The summed E-state index contributed by atoms with van der Waals surface area (Å²) >= 11 is 1.14. The van der Waals surface area contributed by atoms with Crippen LogP contribution in [-0.2, 0) is 9.53 Å². The summed E-state index contributed by atoms with van der Waals surface area (Å²) in [6.45, 7) is 5.33. The number of ether oxygens (including phenoxy) is 3. The molecule has 0 radical (unpaired) electrons. The average Bonchev–Trinajstić information content (AvgIpc) is 3.55. The maximum absolute atomic E-state index is 13.9. The number of aromatic nitrogens is 1. The molecular weight excluding hydrogens is 562 g/mol. The van der Waals surface area contributed by atoms with E-state index in [4.69, 9.17) is 18.6 Å². The number of furan rings is 1. The molecule has 3 heterocycles. The predicted octanol–water partition coefficient (Wildman–Crippen LogP) is 4.29. The average molecular weight is 590 g/mol. The van der Waals surface area contributed by atoms with Gasteiger partial charge in [0.15, 0.2) is 16.3 Å². The number of carbonyl (C=O) groups is 1. The van der Waals surface area contributed by atoms with Gasteiger partial charge in [-0.25, -0.2) is 9.79 Å². The number of benzene rings is 2. The summed E-state index contributed by atoms with van der Waals surface area (Å²) in [6.07, 6.45) is 1.56. The van der Waals surface area contributed by atoms with Crippen LogP contribution < -0.4 is 24.4 Å². The van der Waals surface area contributed by atoms with Crippen LogP contribution in [0.2, 0.25) is 0 Å². The molecule has 5 rings (SSSR count). The molecule has 12 heteroatoms. The van der Waals surface area contributed by atoms with Crippen molar-refractivity contribution in [2.24, 2.45) is 4.99 Å². The van der Waals surface area contributed by atoms with Crippen LogP contribution in [0.4, 0.5) is 5.69 Å². The molecule has 1 atom stereocenters. The normalized spacial score (nSPS) is 14.8. The zero-order chi connectivity index (χ0) is 30.1. The molecule has 1 aliphatic rings. The van der Waals surface area contributed by atoms with Crippen molar-refractivity contribution in [3.05, 3.63) is 106 Å². The summed E-state index contributed by atoms with van der Waals surface area (Å²) in [5.41, 5.74) is 1.86. The quantitative estimate of drug-likeness (QED) is 0.169. The van der Waals surface area contributed by atoms with Crippen molar-refractivity contribution in [1.29, 1.82) is 0 Å². The number of thiazole rings is 1. The second-order valence-corrected chi connectivity index (χ2v) is 10.4. The van der Waals surface area contributed by atoms with Gasteiger partial charge in [-0.3, -0.25) is 19.5 Å². The van der Waals surface area contributed by atoms with Crippen LogP contribution in [0.25, 0.3) is 17.4 Å². The third kappa shape index (κ3) is 5.12. The summed E-state index contributed by atoms with van der Waals surface area (Å²) in [5.74, 6) is 0.972. The summed E-state index contributed by atoms with van der Waals surface area (Å²) < 4.78 is 23.9. The van der Waals surface area contributed by atoms with Gasteiger partial charge in [0.25, 0.3) is 11.2 Å². The maximum atomic E-state index is 13.9. The topological polar surface area (TPSA) is 135 Å². The Morgan fingerprint density at radius 3 is 2.57 bits per heavy atom. The first-order valence-corrected chi connectivity index (χ1v) is 13.7. The van der Waals surface area contributed by atoms with Crippen molar-refractivity contribution in [2.45, 2.75) is 26.8 Å². The van der Waals surface area contributed by atoms with Gasteiger partial charge in [-0.2, -0.15) is 0 Å². The minimum absolute atomic E-state index is 0.0767. The molecule has 0 aliphatic carbocycles. The molecule has 0 saturated heterocycles. The lowest BCUT2D eigenvalue weighted by Gasteiger charge is -2.25. The van der Waals surface area contributed by atoms with Crippen molar-refractivity contribution in [2.75, 3.05) is 20.8 Å². The van der Waals surface area contributed by atoms with Crippen molar-refractivity contribution < 1.29 is 28.3 Å². The second kappa shape index (κ2) is 11.5. The molecule has 0 N–H and O–H groups in total. The zero-order valence-electron chi connectivity index (χ0n) is 23.5. The summed E-state index contributed by atoms with van der Waals surface area (Å²) in [6, 6.07) is 12.5. The number of nitro benzene ring substituents is 1. The van der Waals surface area contributed by atoms with E-state index in [-0.39, 0.29) is 17.9 Å². The van der Waals surface area contributed by atoms with Gasteiger partial charge in [0.2, 0.25) is 0 Å². The number of hydrogen-bond acceptors (Lipinski definition) is 10. The molecule has 2 aromatic heterocycles. The Labute approximate surface area is 243 Å². The van der Waals surface area contributed by atoms with Crippen molar-refractivity contribution in [3.63, 3.8) is 0 Å². The van der Waals surface area contributed by atoms with Crippen LogP contribution in [-0.4, -0.2) is 36.3 Å². The number of nitro groups is 1. The molecule has 1 aliphatic heterocycles. The lowest BCUT2D eigenvalue weighted by atomic mass is 9.95. The Balaban J connectivity index is 1.65. The van der Waals surface area contributed by atoms with E-state index >= 15 is 0 Å². The number of rotatable bonds is 8. The number of fused-ring (bicyclic) bond motifs is 1. The second-order valence-electron chi connectivity index (χ2n) is 9.40. The monoisotopic (exact) mass is 589 g/mol. The third-order valence-electron chi connectivity index (χ3n) is 6.76. The first-order valence-electron chi connectivity index (χ1n) is 12.9. The molecule has 11 nitrogen and oxygen atoms in total. The maximum Gasteiger partial charge on any atom is 0.338 e. The van der Waals surface area contributed by atoms with E-state index in [1.807, 2.05) is 0 Å². The Bertz CT molecular complexity index is 1930. The van der Waals surface area contributed by atoms with Crippen LogP contribution in [0.15, 0.2) is 74.0 Å². The highest BCUT2D eigenvalue weighted by Gasteiger charge is 2.34. The minimum Gasteiger partial charge on any atom is -0.493 e. The van der Waals surface area contributed by atoms with Crippen molar-refractivity contribution >= 4 is 29.1 Å². The van der Waals surface area contributed by atoms with Crippen LogP contribution in [0, 0.1) is 17.0 Å². The van der Waals surface area contributed by atoms with E-state index in [1.165, 1.54) is 24.9 Å². The largest absolute Gasteiger partial charge is 0.493 e. The van der Waals surface area contributed by atoms with Crippen LogP contribution in [0.1, 0.15) is 36.8 Å². The van der Waals surface area contributed by atoms with E-state index in [2.05, 4.69) is 4.99 Å². The fourth-order valence-corrected chi connectivity index (χ4v) is 5.86. The fraction of sp³-hybridized carbons (Fsp3) is 0.233. The Kier molecular flexibility index (Phi) is 7.81. The third-order valence-corrected chi connectivity index (χ3v) is 7.74. The molecule has 4 aromatic rings. The smallest absolute Gasteiger partial charge is 0.338 e. The van der Waals surface area contributed by atoms with E-state index in [9.17, 15) is 19.7 Å². The number of methoxy groups -OCH3 is 2. The standard InChI is InChI=1S/C30H27N3O8S/c1-6-40-29(35)26-17(3)31-30-32(27(26)18-8-11-23(38-4)24(14-18)39-5)28(34)25(42-30)15-19-9-12-22(41-19)20-10-7-16(2)13-21(20)33(36)37/h7-15,27H,6H2,1-5H3. The number of carbonyl (C=O) groups excluding carboxylic acids is 1. The lowest BCUT2D eigenvalue weighted by Crippen LogP contribution is -2.39. The molecule has 0 bridgehead atoms. The van der Waals surface area contributed by atoms with Crippen molar-refractivity contribution in [1.82, 2.24) is 4.57 Å². The van der Waals surface area contributed by atoms with Gasteiger partial charge < -0.3 is 18.6 Å². The van der Waals surface area contributed by atoms with Gasteiger partial charge >= 0.3 is 5.97 Å². The van der Waals surface area contributed by atoms with Gasteiger partial charge in [-0.1, -0.05) is 23.5 Å². The molecule has 0 amide bonds. The number of allylic oxidation sites excluding steroid dienone is 1. The van der Waals surface area contributed by atoms with Gasteiger partial charge in [-0.05, 0) is 62.2 Å². The lowest BCUT2D eigenvalue weighted by molar-refractivity contribution is -0.384. The van der Waals surface area contributed by atoms with E-state index in [0.29, 0.717) is 49.2 Å². The fourth-order valence-electron chi connectivity index (χ4n) is 4.84. The van der Waals surface area contributed by atoms with E-state index in [1.54, 1.807) is 69.3 Å². The van der Waals surface area contributed by atoms with Gasteiger partial charge in [-0.15, -0.1) is 0 Å². The zero-order valence-corrected chi connectivity index (χ0v) is 24.3.